The molecular formula is C13H13FN2S. The maximum atomic E-state index is 12.7. The molecule has 0 spiro atoms. The van der Waals surface area contributed by atoms with E-state index in [4.69, 9.17) is 0 Å². The lowest BCUT2D eigenvalue weighted by Crippen LogP contribution is -1.92. The van der Waals surface area contributed by atoms with Crippen LogP contribution in [-0.4, -0.2) is 12.0 Å². The predicted molar refractivity (Wildman–Crippen MR) is 69.7 cm³/mol. The average molecular weight is 248 g/mol. The molecule has 1 N–H and O–H groups in total. The van der Waals surface area contributed by atoms with Gasteiger partial charge >= 0.3 is 0 Å². The van der Waals surface area contributed by atoms with Gasteiger partial charge in [0.25, 0.3) is 0 Å². The zero-order valence-electron chi connectivity index (χ0n) is 9.48. The molecule has 0 fully saturated rings. The molecule has 1 heterocycles. The van der Waals surface area contributed by atoms with E-state index >= 15 is 0 Å². The number of hydrogen-bond acceptors (Lipinski definition) is 3. The van der Waals surface area contributed by atoms with E-state index in [-0.39, 0.29) is 5.82 Å². The average Bonchev–Trinajstić information content (AvgIpc) is 2.38. The fourth-order valence-corrected chi connectivity index (χ4v) is 2.20. The molecule has 88 valence electrons. The molecule has 2 rings (SSSR count). The predicted octanol–water partition coefficient (Wildman–Crippen LogP) is 3.55. The van der Waals surface area contributed by atoms with Crippen molar-refractivity contribution in [1.29, 1.82) is 0 Å². The highest BCUT2D eigenvalue weighted by atomic mass is 32.2. The van der Waals surface area contributed by atoms with Gasteiger partial charge in [-0.15, -0.1) is 11.8 Å². The lowest BCUT2D eigenvalue weighted by molar-refractivity contribution is 0.626. The van der Waals surface area contributed by atoms with Crippen molar-refractivity contribution < 1.29 is 4.39 Å². The van der Waals surface area contributed by atoms with Crippen LogP contribution in [0.3, 0.4) is 0 Å². The molecule has 2 nitrogen and oxygen atoms in total. The van der Waals surface area contributed by atoms with Crippen molar-refractivity contribution in [3.63, 3.8) is 0 Å². The number of rotatable bonds is 4. The van der Waals surface area contributed by atoms with Crippen molar-refractivity contribution in [1.82, 2.24) is 4.98 Å². The third-order valence-corrected chi connectivity index (χ3v) is 3.35. The van der Waals surface area contributed by atoms with Crippen LogP contribution >= 0.6 is 11.8 Å². The summed E-state index contributed by atoms with van der Waals surface area (Å²) in [7, 11) is 1.88. The van der Waals surface area contributed by atoms with Crippen molar-refractivity contribution in [2.24, 2.45) is 0 Å². The van der Waals surface area contributed by atoms with Gasteiger partial charge in [-0.25, -0.2) is 4.39 Å². The van der Waals surface area contributed by atoms with Gasteiger partial charge in [0.1, 0.15) is 5.82 Å². The third kappa shape index (κ3) is 3.46. The Morgan fingerprint density at radius 2 is 2.00 bits per heavy atom. The van der Waals surface area contributed by atoms with E-state index in [1.165, 1.54) is 12.1 Å². The molecule has 0 saturated carbocycles. The van der Waals surface area contributed by atoms with Crippen LogP contribution in [0.25, 0.3) is 0 Å². The molecular weight excluding hydrogens is 235 g/mol. The van der Waals surface area contributed by atoms with Crippen molar-refractivity contribution in [2.75, 3.05) is 12.4 Å². The maximum absolute atomic E-state index is 12.7. The lowest BCUT2D eigenvalue weighted by atomic mass is 10.3. The number of aromatic nitrogens is 1. The zero-order chi connectivity index (χ0) is 12.1. The second kappa shape index (κ2) is 5.68. The van der Waals surface area contributed by atoms with Gasteiger partial charge in [0, 0.05) is 29.6 Å². The molecule has 2 aromatic rings. The van der Waals surface area contributed by atoms with Gasteiger partial charge in [-0.2, -0.15) is 0 Å². The van der Waals surface area contributed by atoms with E-state index in [1.807, 2.05) is 19.2 Å². The molecule has 0 saturated heterocycles. The Balaban J connectivity index is 1.99. The van der Waals surface area contributed by atoms with E-state index in [2.05, 4.69) is 10.3 Å². The number of thioether (sulfide) groups is 1. The molecule has 1 aromatic carbocycles. The molecule has 0 unspecified atom stereocenters. The summed E-state index contributed by atoms with van der Waals surface area (Å²) in [6.45, 7) is 0. The summed E-state index contributed by atoms with van der Waals surface area (Å²) in [5, 5.41) is 3.07. The fraction of sp³-hybridized carbons (Fsp3) is 0.154. The van der Waals surface area contributed by atoms with Crippen molar-refractivity contribution >= 4 is 17.4 Å². The molecule has 4 heteroatoms. The standard InChI is InChI=1S/C13H13FN2S/c1-15-11-6-7-16-12(8-11)9-17-13-4-2-10(14)3-5-13/h2-8H,9H2,1H3,(H,15,16). The Kier molecular flexibility index (Phi) is 3.98. The third-order valence-electron chi connectivity index (χ3n) is 2.31. The largest absolute Gasteiger partial charge is 0.388 e. The molecule has 0 atom stereocenters. The number of nitrogens with one attached hydrogen (secondary N) is 1. The van der Waals surface area contributed by atoms with Gasteiger partial charge in [0.15, 0.2) is 0 Å². The van der Waals surface area contributed by atoms with Crippen molar-refractivity contribution in [3.8, 4) is 0 Å². The number of nitrogens with zero attached hydrogens (tertiary/aromatic N) is 1. The number of hydrogen-bond donors (Lipinski definition) is 1. The summed E-state index contributed by atoms with van der Waals surface area (Å²) >= 11 is 1.64. The summed E-state index contributed by atoms with van der Waals surface area (Å²) in [4.78, 5) is 5.33. The molecule has 0 aliphatic carbocycles. The first-order valence-corrected chi connectivity index (χ1v) is 6.27. The Labute approximate surface area is 104 Å². The lowest BCUT2D eigenvalue weighted by Gasteiger charge is -2.04. The summed E-state index contributed by atoms with van der Waals surface area (Å²) in [6.07, 6.45) is 1.78. The molecule has 0 amide bonds. The van der Waals surface area contributed by atoms with Crippen LogP contribution in [0.5, 0.6) is 0 Å². The zero-order valence-corrected chi connectivity index (χ0v) is 10.3. The minimum absolute atomic E-state index is 0.204. The van der Waals surface area contributed by atoms with Gasteiger partial charge in [-0.1, -0.05) is 0 Å². The van der Waals surface area contributed by atoms with Crippen LogP contribution in [-0.2, 0) is 5.75 Å². The van der Waals surface area contributed by atoms with Gasteiger partial charge < -0.3 is 5.32 Å². The van der Waals surface area contributed by atoms with Gasteiger partial charge in [0.05, 0.1) is 5.69 Å². The second-order valence-electron chi connectivity index (χ2n) is 3.53. The van der Waals surface area contributed by atoms with Gasteiger partial charge in [-0.3, -0.25) is 4.98 Å². The number of pyridine rings is 1. The number of halogens is 1. The van der Waals surface area contributed by atoms with Crippen LogP contribution in [0.15, 0.2) is 47.5 Å². The topological polar surface area (TPSA) is 24.9 Å². The second-order valence-corrected chi connectivity index (χ2v) is 4.58. The summed E-state index contributed by atoms with van der Waals surface area (Å²) < 4.78 is 12.7. The molecule has 17 heavy (non-hydrogen) atoms. The first-order valence-electron chi connectivity index (χ1n) is 5.29. The van der Waals surface area contributed by atoms with E-state index in [0.29, 0.717) is 0 Å². The van der Waals surface area contributed by atoms with Crippen molar-refractivity contribution in [3.05, 3.63) is 54.1 Å². The molecule has 0 aliphatic rings. The highest BCUT2D eigenvalue weighted by Crippen LogP contribution is 2.22. The Hall–Kier alpha value is -1.55. The number of benzene rings is 1. The van der Waals surface area contributed by atoms with E-state index < -0.39 is 0 Å². The SMILES string of the molecule is CNc1ccnc(CSc2ccc(F)cc2)c1. The highest BCUT2D eigenvalue weighted by molar-refractivity contribution is 7.98. The Morgan fingerprint density at radius 3 is 2.71 bits per heavy atom. The van der Waals surface area contributed by atoms with Crippen LogP contribution < -0.4 is 5.32 Å². The molecule has 0 radical (unpaired) electrons. The Bertz CT molecular complexity index is 485. The van der Waals surface area contributed by atoms with Crippen LogP contribution in [0, 0.1) is 5.82 Å². The molecule has 0 bridgehead atoms. The van der Waals surface area contributed by atoms with Crippen LogP contribution in [0.1, 0.15) is 5.69 Å². The minimum Gasteiger partial charge on any atom is -0.388 e. The van der Waals surface area contributed by atoms with E-state index in [1.54, 1.807) is 30.1 Å². The van der Waals surface area contributed by atoms with E-state index in [9.17, 15) is 4.39 Å². The van der Waals surface area contributed by atoms with E-state index in [0.717, 1.165) is 22.0 Å². The monoisotopic (exact) mass is 248 g/mol. The summed E-state index contributed by atoms with van der Waals surface area (Å²) in [5.74, 6) is 0.575. The molecule has 0 aliphatic heterocycles. The first kappa shape index (κ1) is 11.9. The Morgan fingerprint density at radius 1 is 1.24 bits per heavy atom. The summed E-state index contributed by atoms with van der Waals surface area (Å²) in [6, 6.07) is 10.4. The quantitative estimate of drug-likeness (QED) is 0.837. The smallest absolute Gasteiger partial charge is 0.123 e. The normalized spacial score (nSPS) is 10.2. The van der Waals surface area contributed by atoms with Crippen LogP contribution in [0.4, 0.5) is 10.1 Å². The molecule has 1 aromatic heterocycles. The highest BCUT2D eigenvalue weighted by Gasteiger charge is 1.99. The minimum atomic E-state index is -0.204. The first-order chi connectivity index (χ1) is 8.28. The van der Waals surface area contributed by atoms with Crippen LogP contribution in [0.2, 0.25) is 0 Å². The van der Waals surface area contributed by atoms with Gasteiger partial charge in [-0.05, 0) is 36.4 Å². The van der Waals surface area contributed by atoms with Gasteiger partial charge in [0.2, 0.25) is 0 Å². The number of anilines is 1. The summed E-state index contributed by atoms with van der Waals surface area (Å²) in [5.41, 5.74) is 2.06. The fourth-order valence-electron chi connectivity index (χ4n) is 1.40. The maximum Gasteiger partial charge on any atom is 0.123 e. The van der Waals surface area contributed by atoms with Crippen molar-refractivity contribution in [2.45, 2.75) is 10.6 Å².